The Morgan fingerprint density at radius 3 is 0.861 bits per heavy atom. The fraction of sp³-hybridized carbons (Fsp3) is 0.143. The molecule has 0 aliphatic heterocycles. The van der Waals surface area contributed by atoms with Crippen LogP contribution in [-0.2, 0) is 0 Å². The number of fused-ring (bicyclic) bond motifs is 6. The fourth-order valence-electron chi connectivity index (χ4n) is 9.89. The normalized spacial score (nSPS) is 11.6. The molecule has 0 saturated heterocycles. The van der Waals surface area contributed by atoms with Crippen molar-refractivity contribution >= 4 is 43.6 Å². The van der Waals surface area contributed by atoms with Gasteiger partial charge in [0.15, 0.2) is 23.3 Å². The lowest BCUT2D eigenvalue weighted by molar-refractivity contribution is 0.928. The predicted octanol–water partition coefficient (Wildman–Crippen LogP) is 10.7. The van der Waals surface area contributed by atoms with Crippen LogP contribution in [0.4, 0.5) is 0 Å². The Hall–Kier alpha value is -9.62. The van der Waals surface area contributed by atoms with Gasteiger partial charge in [0.2, 0.25) is 0 Å². The fourth-order valence-corrected chi connectivity index (χ4v) is 9.89. The molecular formula is C56H42N16. The van der Waals surface area contributed by atoms with Crippen molar-refractivity contribution in [2.24, 2.45) is 0 Å². The first-order valence-electron chi connectivity index (χ1n) is 23.3. The maximum Gasteiger partial charge on any atom is 0.163 e. The highest BCUT2D eigenvalue weighted by Gasteiger charge is 2.25. The van der Waals surface area contributed by atoms with Gasteiger partial charge in [0, 0.05) is 49.4 Å². The molecule has 12 rings (SSSR count). The molecule has 72 heavy (non-hydrogen) atoms. The molecule has 0 saturated carbocycles. The van der Waals surface area contributed by atoms with Gasteiger partial charge in [-0.2, -0.15) is 5.26 Å². The monoisotopic (exact) mass is 938 g/mol. The van der Waals surface area contributed by atoms with Crippen LogP contribution in [0.25, 0.3) is 112 Å². The molecule has 0 spiro atoms. The number of hydrogen-bond acceptors (Lipinski definition) is 14. The molecule has 346 valence electrons. The zero-order chi connectivity index (χ0) is 49.5. The molecule has 0 N–H and O–H groups in total. The standard InChI is InChI=1S/C56H42N16/c1-28-59-29(2)64-53(63-28)38-13-17-46-42(21-38)43-22-39(54-65-30(3)60-31(4)66-54)14-18-47(43)71(46)50-26-58-27-51(52(50)37-11-9-36(25-57)10-12-37)72-48-19-15-40(55-67-32(5)61-33(6)68-55)23-44(48)45-24-41(16-20-49(45)72)56-69-34(7)62-35(8)70-56/h9-24,26-27H,1-8H3. The van der Waals surface area contributed by atoms with E-state index in [1.807, 2.05) is 92.0 Å². The van der Waals surface area contributed by atoms with Gasteiger partial charge in [-0.3, -0.25) is 4.98 Å². The highest BCUT2D eigenvalue weighted by Crippen LogP contribution is 2.44. The summed E-state index contributed by atoms with van der Waals surface area (Å²) in [6, 6.07) is 35.3. The number of hydrogen-bond donors (Lipinski definition) is 0. The summed E-state index contributed by atoms with van der Waals surface area (Å²) in [7, 11) is 0. The average Bonchev–Trinajstić information content (AvgIpc) is 3.86. The van der Waals surface area contributed by atoms with E-state index in [0.29, 0.717) is 75.5 Å². The largest absolute Gasteiger partial charge is 0.307 e. The van der Waals surface area contributed by atoms with E-state index in [1.54, 1.807) is 0 Å². The average molecular weight is 939 g/mol. The van der Waals surface area contributed by atoms with Crippen molar-refractivity contribution in [3.05, 3.63) is 162 Å². The van der Waals surface area contributed by atoms with Crippen LogP contribution in [0.1, 0.15) is 52.2 Å². The molecule has 0 fully saturated rings. The molecule has 7 heterocycles. The van der Waals surface area contributed by atoms with Crippen LogP contribution >= 0.6 is 0 Å². The minimum atomic E-state index is 0.546. The highest BCUT2D eigenvalue weighted by molar-refractivity contribution is 6.14. The summed E-state index contributed by atoms with van der Waals surface area (Å²) >= 11 is 0. The second-order valence-corrected chi connectivity index (χ2v) is 17.9. The number of nitrogens with zero attached hydrogens (tertiary/aromatic N) is 16. The van der Waals surface area contributed by atoms with Gasteiger partial charge in [0.25, 0.3) is 0 Å². The van der Waals surface area contributed by atoms with Gasteiger partial charge < -0.3 is 9.13 Å². The SMILES string of the molecule is Cc1nc(C)nc(-c2ccc3c(c2)c2cc(-c4nc(C)nc(C)n4)ccc2n3-c2cncc(-n3c4ccc(-c5nc(C)nc(C)n5)cc4c4cc(-c5nc(C)nc(C)n5)ccc43)c2-c2ccc(C#N)cc2)n1. The van der Waals surface area contributed by atoms with E-state index in [9.17, 15) is 5.26 Å². The minimum absolute atomic E-state index is 0.546. The second-order valence-electron chi connectivity index (χ2n) is 17.9. The molecule has 12 aromatic rings. The smallest absolute Gasteiger partial charge is 0.163 e. The van der Waals surface area contributed by atoms with Gasteiger partial charge in [-0.15, -0.1) is 0 Å². The van der Waals surface area contributed by atoms with E-state index >= 15 is 0 Å². The first kappa shape index (κ1) is 43.6. The molecule has 0 aliphatic carbocycles. The lowest BCUT2D eigenvalue weighted by atomic mass is 10.0. The number of pyridine rings is 1. The van der Waals surface area contributed by atoms with Gasteiger partial charge in [0.1, 0.15) is 46.6 Å². The van der Waals surface area contributed by atoms with Crippen molar-refractivity contribution in [3.8, 4) is 74.1 Å². The number of nitriles is 1. The summed E-state index contributed by atoms with van der Waals surface area (Å²) in [5, 5.41) is 13.9. The number of rotatable bonds is 7. The number of aryl methyl sites for hydroxylation is 8. The Bertz CT molecular complexity index is 3740. The first-order chi connectivity index (χ1) is 34.8. The summed E-state index contributed by atoms with van der Waals surface area (Å²) in [6.45, 7) is 15.0. The lowest BCUT2D eigenvalue weighted by Crippen LogP contribution is -2.05. The van der Waals surface area contributed by atoms with Crippen LogP contribution in [0.15, 0.2) is 109 Å². The van der Waals surface area contributed by atoms with E-state index in [-0.39, 0.29) is 0 Å². The van der Waals surface area contributed by atoms with Crippen molar-refractivity contribution in [2.45, 2.75) is 55.4 Å². The lowest BCUT2D eigenvalue weighted by Gasteiger charge is -2.19. The molecule has 0 radical (unpaired) electrons. The van der Waals surface area contributed by atoms with Crippen molar-refractivity contribution in [2.75, 3.05) is 0 Å². The molecule has 5 aromatic carbocycles. The summed E-state index contributed by atoms with van der Waals surface area (Å²) in [5.74, 6) is 7.47. The summed E-state index contributed by atoms with van der Waals surface area (Å²) in [5.41, 5.74) is 11.0. The summed E-state index contributed by atoms with van der Waals surface area (Å²) < 4.78 is 4.52. The van der Waals surface area contributed by atoms with Gasteiger partial charge >= 0.3 is 0 Å². The Kier molecular flexibility index (Phi) is 10.2. The molecule has 0 bridgehead atoms. The second kappa shape index (κ2) is 16.8. The van der Waals surface area contributed by atoms with Crippen LogP contribution in [0.5, 0.6) is 0 Å². The summed E-state index contributed by atoms with van der Waals surface area (Å²) in [6.07, 6.45) is 3.83. The van der Waals surface area contributed by atoms with E-state index < -0.39 is 0 Å². The Morgan fingerprint density at radius 1 is 0.333 bits per heavy atom. The van der Waals surface area contributed by atoms with Crippen LogP contribution in [0.3, 0.4) is 0 Å². The van der Waals surface area contributed by atoms with Crippen molar-refractivity contribution < 1.29 is 0 Å². The van der Waals surface area contributed by atoms with Crippen LogP contribution in [-0.4, -0.2) is 73.9 Å². The van der Waals surface area contributed by atoms with Crippen LogP contribution in [0, 0.1) is 66.7 Å². The maximum absolute atomic E-state index is 10.0. The van der Waals surface area contributed by atoms with Crippen LogP contribution in [0.2, 0.25) is 0 Å². The quantitative estimate of drug-likeness (QED) is 0.146. The molecular weight excluding hydrogens is 897 g/mol. The first-order valence-corrected chi connectivity index (χ1v) is 23.3. The third kappa shape index (κ3) is 7.51. The number of benzene rings is 5. The van der Waals surface area contributed by atoms with Crippen LogP contribution < -0.4 is 0 Å². The zero-order valence-electron chi connectivity index (χ0n) is 40.5. The van der Waals surface area contributed by atoms with E-state index in [0.717, 1.165) is 88.4 Å². The third-order valence-corrected chi connectivity index (χ3v) is 12.7. The van der Waals surface area contributed by atoms with Crippen molar-refractivity contribution in [3.63, 3.8) is 0 Å². The molecule has 16 heteroatoms. The minimum Gasteiger partial charge on any atom is -0.307 e. The van der Waals surface area contributed by atoms with Gasteiger partial charge in [-0.25, -0.2) is 59.8 Å². The van der Waals surface area contributed by atoms with Gasteiger partial charge in [0.05, 0.1) is 57.5 Å². The zero-order valence-corrected chi connectivity index (χ0v) is 40.5. The molecule has 0 aliphatic rings. The third-order valence-electron chi connectivity index (χ3n) is 12.7. The van der Waals surface area contributed by atoms with Crippen molar-refractivity contribution in [1.82, 2.24) is 73.9 Å². The Balaban J connectivity index is 1.17. The number of aromatic nitrogens is 15. The molecule has 7 aromatic heterocycles. The predicted molar refractivity (Wildman–Crippen MR) is 276 cm³/mol. The van der Waals surface area contributed by atoms with Crippen molar-refractivity contribution in [1.29, 1.82) is 5.26 Å². The summed E-state index contributed by atoms with van der Waals surface area (Å²) in [4.78, 5) is 60.9. The van der Waals surface area contributed by atoms with E-state index in [4.69, 9.17) is 44.9 Å². The van der Waals surface area contributed by atoms with E-state index in [1.165, 1.54) is 0 Å². The maximum atomic E-state index is 10.0. The topological polar surface area (TPSA) is 201 Å². The Labute approximate surface area is 412 Å². The molecule has 0 amide bonds. The molecule has 0 atom stereocenters. The van der Waals surface area contributed by atoms with E-state index in [2.05, 4.69) is 108 Å². The Morgan fingerprint density at radius 2 is 0.597 bits per heavy atom. The molecule has 16 nitrogen and oxygen atoms in total. The molecule has 0 unspecified atom stereocenters. The van der Waals surface area contributed by atoms with Gasteiger partial charge in [-0.05, 0) is 146 Å². The highest BCUT2D eigenvalue weighted by atomic mass is 15.1. The van der Waals surface area contributed by atoms with Gasteiger partial charge in [-0.1, -0.05) is 12.1 Å².